The summed E-state index contributed by atoms with van der Waals surface area (Å²) in [7, 11) is 0. The molecule has 6 heteroatoms. The van der Waals surface area contributed by atoms with Crippen molar-refractivity contribution in [3.63, 3.8) is 0 Å². The summed E-state index contributed by atoms with van der Waals surface area (Å²) >= 11 is 0. The van der Waals surface area contributed by atoms with Crippen LogP contribution in [0.3, 0.4) is 0 Å². The SMILES string of the molecule is CC(c1cccc(NC(=O)c2ccccc2)c1)N1C[C@@H]2CCC[C@@]2(C(=O)O)C1.Cl. The van der Waals surface area contributed by atoms with E-state index in [1.807, 2.05) is 42.5 Å². The molecular weight excluding hydrogens is 388 g/mol. The molecule has 154 valence electrons. The Morgan fingerprint density at radius 3 is 2.62 bits per heavy atom. The molecule has 29 heavy (non-hydrogen) atoms. The molecule has 1 aliphatic carbocycles. The van der Waals surface area contributed by atoms with Crippen LogP contribution in [0.1, 0.15) is 48.1 Å². The molecule has 0 radical (unpaired) electrons. The van der Waals surface area contributed by atoms with Gasteiger partial charge in [0.1, 0.15) is 0 Å². The van der Waals surface area contributed by atoms with Crippen LogP contribution < -0.4 is 5.32 Å². The number of aliphatic carboxylic acids is 1. The van der Waals surface area contributed by atoms with Gasteiger partial charge in [0.25, 0.3) is 5.91 Å². The summed E-state index contributed by atoms with van der Waals surface area (Å²) in [5, 5.41) is 12.8. The maximum Gasteiger partial charge on any atom is 0.311 e. The zero-order chi connectivity index (χ0) is 19.7. The van der Waals surface area contributed by atoms with Crippen molar-refractivity contribution < 1.29 is 14.7 Å². The van der Waals surface area contributed by atoms with Crippen LogP contribution in [-0.2, 0) is 4.79 Å². The van der Waals surface area contributed by atoms with Gasteiger partial charge < -0.3 is 10.4 Å². The van der Waals surface area contributed by atoms with Crippen molar-refractivity contribution in [3.05, 3.63) is 65.7 Å². The third kappa shape index (κ3) is 4.02. The van der Waals surface area contributed by atoms with E-state index in [0.29, 0.717) is 12.1 Å². The lowest BCUT2D eigenvalue weighted by Crippen LogP contribution is -2.36. The lowest BCUT2D eigenvalue weighted by atomic mass is 9.81. The van der Waals surface area contributed by atoms with Gasteiger partial charge >= 0.3 is 5.97 Å². The summed E-state index contributed by atoms with van der Waals surface area (Å²) in [6.45, 7) is 3.55. The standard InChI is InChI=1S/C23H26N2O3.ClH/c1-16(25-14-19-10-6-12-23(19,15-25)22(27)28)18-9-5-11-20(13-18)24-21(26)17-7-3-2-4-8-17;/h2-5,7-9,11,13,16,19H,6,10,12,14-15H2,1H3,(H,24,26)(H,27,28);1H/t16?,19-,23+;/m0./s1. The smallest absolute Gasteiger partial charge is 0.311 e. The van der Waals surface area contributed by atoms with Gasteiger partial charge in [-0.3, -0.25) is 14.5 Å². The fraction of sp³-hybridized carbons (Fsp3) is 0.391. The van der Waals surface area contributed by atoms with E-state index >= 15 is 0 Å². The predicted molar refractivity (Wildman–Crippen MR) is 115 cm³/mol. The summed E-state index contributed by atoms with van der Waals surface area (Å²) in [4.78, 5) is 26.6. The number of nitrogens with zero attached hydrogens (tertiary/aromatic N) is 1. The Bertz CT molecular complexity index is 889. The molecule has 1 aliphatic heterocycles. The first-order valence-electron chi connectivity index (χ1n) is 9.93. The zero-order valence-corrected chi connectivity index (χ0v) is 17.3. The highest BCUT2D eigenvalue weighted by molar-refractivity contribution is 6.04. The zero-order valence-electron chi connectivity index (χ0n) is 16.5. The first-order valence-corrected chi connectivity index (χ1v) is 9.93. The Morgan fingerprint density at radius 2 is 1.93 bits per heavy atom. The highest BCUT2D eigenvalue weighted by Crippen LogP contribution is 2.50. The highest BCUT2D eigenvalue weighted by atomic mass is 35.5. The fourth-order valence-corrected chi connectivity index (χ4v) is 4.85. The average Bonchev–Trinajstić information content (AvgIpc) is 3.27. The Kier molecular flexibility index (Phi) is 6.30. The number of carbonyl (C=O) groups is 2. The number of hydrogen-bond donors (Lipinski definition) is 2. The molecule has 1 heterocycles. The van der Waals surface area contributed by atoms with Gasteiger partial charge in [0.2, 0.25) is 0 Å². The van der Waals surface area contributed by atoms with Crippen molar-refractivity contribution >= 4 is 30.0 Å². The van der Waals surface area contributed by atoms with Crippen LogP contribution in [0.5, 0.6) is 0 Å². The number of carboxylic acids is 1. The molecule has 5 nitrogen and oxygen atoms in total. The summed E-state index contributed by atoms with van der Waals surface area (Å²) in [6.07, 6.45) is 2.80. The molecule has 1 saturated carbocycles. The summed E-state index contributed by atoms with van der Waals surface area (Å²) in [5.74, 6) is -0.534. The normalized spacial score (nSPS) is 24.4. The van der Waals surface area contributed by atoms with Crippen molar-refractivity contribution in [2.75, 3.05) is 18.4 Å². The Balaban J connectivity index is 0.00000240. The number of halogens is 1. The van der Waals surface area contributed by atoms with Crippen molar-refractivity contribution in [3.8, 4) is 0 Å². The van der Waals surface area contributed by atoms with Crippen LogP contribution in [0, 0.1) is 11.3 Å². The Hall–Kier alpha value is -2.37. The minimum Gasteiger partial charge on any atom is -0.481 e. The maximum absolute atomic E-state index is 12.4. The Morgan fingerprint density at radius 1 is 1.17 bits per heavy atom. The van der Waals surface area contributed by atoms with Crippen molar-refractivity contribution in [1.82, 2.24) is 4.90 Å². The molecule has 2 fully saturated rings. The van der Waals surface area contributed by atoms with Crippen molar-refractivity contribution in [2.45, 2.75) is 32.2 Å². The number of nitrogens with one attached hydrogen (secondary N) is 1. The molecule has 4 rings (SSSR count). The average molecular weight is 415 g/mol. The number of benzene rings is 2. The summed E-state index contributed by atoms with van der Waals surface area (Å²) in [5.41, 5.74) is 1.89. The van der Waals surface area contributed by atoms with Gasteiger partial charge in [0.05, 0.1) is 5.41 Å². The second kappa shape index (κ2) is 8.56. The van der Waals surface area contributed by atoms with Crippen molar-refractivity contribution in [2.24, 2.45) is 11.3 Å². The van der Waals surface area contributed by atoms with E-state index in [2.05, 4.69) is 17.1 Å². The number of anilines is 1. The van der Waals surface area contributed by atoms with E-state index in [-0.39, 0.29) is 30.3 Å². The quantitative estimate of drug-likeness (QED) is 0.749. The van der Waals surface area contributed by atoms with Gasteiger partial charge in [0.15, 0.2) is 0 Å². The van der Waals surface area contributed by atoms with E-state index in [1.54, 1.807) is 12.1 Å². The molecule has 1 amide bonds. The number of carbonyl (C=O) groups excluding carboxylic acids is 1. The van der Waals surface area contributed by atoms with Crippen LogP contribution in [0.15, 0.2) is 54.6 Å². The van der Waals surface area contributed by atoms with Crippen LogP contribution in [0.25, 0.3) is 0 Å². The molecule has 0 spiro atoms. The van der Waals surface area contributed by atoms with Crippen LogP contribution in [0.2, 0.25) is 0 Å². The second-order valence-corrected chi connectivity index (χ2v) is 8.10. The topological polar surface area (TPSA) is 69.6 Å². The van der Waals surface area contributed by atoms with E-state index < -0.39 is 11.4 Å². The van der Waals surface area contributed by atoms with Gasteiger partial charge in [-0.25, -0.2) is 0 Å². The molecule has 1 unspecified atom stereocenters. The molecular formula is C23H27ClN2O3. The molecule has 0 aromatic heterocycles. The third-order valence-electron chi connectivity index (χ3n) is 6.53. The third-order valence-corrected chi connectivity index (χ3v) is 6.53. The lowest BCUT2D eigenvalue weighted by molar-refractivity contribution is -0.149. The summed E-state index contributed by atoms with van der Waals surface area (Å²) in [6, 6.07) is 17.1. The first-order chi connectivity index (χ1) is 13.5. The van der Waals surface area contributed by atoms with E-state index in [4.69, 9.17) is 0 Å². The molecule has 2 aromatic carbocycles. The fourth-order valence-electron chi connectivity index (χ4n) is 4.85. The van der Waals surface area contributed by atoms with Gasteiger partial charge in [0, 0.05) is 30.4 Å². The van der Waals surface area contributed by atoms with Gasteiger partial charge in [-0.05, 0) is 55.5 Å². The van der Waals surface area contributed by atoms with E-state index in [9.17, 15) is 14.7 Å². The molecule has 0 bridgehead atoms. The predicted octanol–water partition coefficient (Wildman–Crippen LogP) is 4.61. The number of fused-ring (bicyclic) bond motifs is 1. The van der Waals surface area contributed by atoms with Gasteiger partial charge in [-0.2, -0.15) is 0 Å². The minimum atomic E-state index is -0.645. The molecule has 3 atom stereocenters. The minimum absolute atomic E-state index is 0. The molecule has 2 aliphatic rings. The number of rotatable bonds is 5. The maximum atomic E-state index is 12.4. The monoisotopic (exact) mass is 414 g/mol. The first kappa shape index (κ1) is 21.3. The lowest BCUT2D eigenvalue weighted by Gasteiger charge is -2.28. The summed E-state index contributed by atoms with van der Waals surface area (Å²) < 4.78 is 0. The number of likely N-dealkylation sites (tertiary alicyclic amines) is 1. The largest absolute Gasteiger partial charge is 0.481 e. The highest BCUT2D eigenvalue weighted by Gasteiger charge is 2.55. The number of hydrogen-bond acceptors (Lipinski definition) is 3. The van der Waals surface area contributed by atoms with Gasteiger partial charge in [-0.1, -0.05) is 36.8 Å². The number of carboxylic acid groups (broad SMARTS) is 1. The van der Waals surface area contributed by atoms with Crippen LogP contribution in [0.4, 0.5) is 5.69 Å². The van der Waals surface area contributed by atoms with E-state index in [0.717, 1.165) is 37.1 Å². The van der Waals surface area contributed by atoms with Crippen LogP contribution >= 0.6 is 12.4 Å². The van der Waals surface area contributed by atoms with Crippen molar-refractivity contribution in [1.29, 1.82) is 0 Å². The Labute approximate surface area is 177 Å². The van der Waals surface area contributed by atoms with E-state index in [1.165, 1.54) is 0 Å². The van der Waals surface area contributed by atoms with Gasteiger partial charge in [-0.15, -0.1) is 12.4 Å². The number of amides is 1. The molecule has 2 aromatic rings. The van der Waals surface area contributed by atoms with Crippen LogP contribution in [-0.4, -0.2) is 35.0 Å². The molecule has 2 N–H and O–H groups in total. The molecule has 1 saturated heterocycles. The second-order valence-electron chi connectivity index (χ2n) is 8.10.